The molecule has 0 bridgehead atoms. The molecule has 0 saturated carbocycles. The van der Waals surface area contributed by atoms with Crippen LogP contribution in [0.1, 0.15) is 21.5 Å². The van der Waals surface area contributed by atoms with Crippen molar-refractivity contribution in [3.8, 4) is 5.40 Å². The number of ketones is 1. The molecule has 1 aromatic carbocycles. The lowest BCUT2D eigenvalue weighted by Crippen LogP contribution is -2.01. The minimum atomic E-state index is -0.0938. The third-order valence-electron chi connectivity index (χ3n) is 2.51. The molecular weight excluding hydrogens is 280 g/mol. The molecule has 2 aromatic rings. The van der Waals surface area contributed by atoms with Crippen molar-refractivity contribution in [2.75, 3.05) is 0 Å². The fourth-order valence-corrected chi connectivity index (χ4v) is 2.08. The Kier molecular flexibility index (Phi) is 4.56. The Balaban J connectivity index is 2.16. The zero-order chi connectivity index (χ0) is 13.7. The minimum absolute atomic E-state index is 0.0938. The molecule has 0 spiro atoms. The summed E-state index contributed by atoms with van der Waals surface area (Å²) in [7, 11) is 0. The van der Waals surface area contributed by atoms with Crippen LogP contribution in [0.4, 0.5) is 0 Å². The SMILES string of the molecule is N#CSCc1ccc(C(=O)c2ccc(Cl)nc2)cc1. The van der Waals surface area contributed by atoms with Crippen molar-refractivity contribution in [1.29, 1.82) is 5.26 Å². The number of nitrogens with zero attached hydrogens (tertiary/aromatic N) is 2. The van der Waals surface area contributed by atoms with Crippen molar-refractivity contribution >= 4 is 29.1 Å². The van der Waals surface area contributed by atoms with E-state index < -0.39 is 0 Å². The van der Waals surface area contributed by atoms with E-state index >= 15 is 0 Å². The molecule has 0 fully saturated rings. The molecule has 1 aromatic heterocycles. The lowest BCUT2D eigenvalue weighted by Gasteiger charge is -2.02. The smallest absolute Gasteiger partial charge is 0.194 e. The zero-order valence-electron chi connectivity index (χ0n) is 9.84. The van der Waals surface area contributed by atoms with E-state index in [9.17, 15) is 4.79 Å². The van der Waals surface area contributed by atoms with E-state index in [1.54, 1.807) is 24.3 Å². The van der Waals surface area contributed by atoms with Crippen LogP contribution >= 0.6 is 23.4 Å². The normalized spacial score (nSPS) is 9.89. The number of hydrogen-bond donors (Lipinski definition) is 0. The van der Waals surface area contributed by atoms with Crippen LogP contribution in [0.15, 0.2) is 42.6 Å². The Morgan fingerprint density at radius 1 is 1.21 bits per heavy atom. The van der Waals surface area contributed by atoms with Gasteiger partial charge in [-0.25, -0.2) is 4.98 Å². The largest absolute Gasteiger partial charge is 0.289 e. The molecule has 3 nitrogen and oxygen atoms in total. The summed E-state index contributed by atoms with van der Waals surface area (Å²) in [5, 5.41) is 10.9. The summed E-state index contributed by atoms with van der Waals surface area (Å²) in [5.74, 6) is 0.525. The number of nitriles is 1. The first-order valence-corrected chi connectivity index (χ1v) is 6.83. The van der Waals surface area contributed by atoms with Gasteiger partial charge < -0.3 is 0 Å². The minimum Gasteiger partial charge on any atom is -0.289 e. The molecular formula is C14H9ClN2OS. The van der Waals surface area contributed by atoms with E-state index in [1.807, 2.05) is 17.5 Å². The zero-order valence-corrected chi connectivity index (χ0v) is 11.4. The Morgan fingerprint density at radius 3 is 2.47 bits per heavy atom. The number of halogens is 1. The summed E-state index contributed by atoms with van der Waals surface area (Å²) >= 11 is 6.85. The molecule has 2 rings (SSSR count). The topological polar surface area (TPSA) is 53.8 Å². The molecule has 0 N–H and O–H groups in total. The van der Waals surface area contributed by atoms with Gasteiger partial charge in [-0.3, -0.25) is 4.79 Å². The van der Waals surface area contributed by atoms with Crippen LogP contribution in [-0.4, -0.2) is 10.8 Å². The first-order chi connectivity index (χ1) is 9.20. The number of carbonyl (C=O) groups excluding carboxylic acids is 1. The molecule has 0 aliphatic heterocycles. The predicted molar refractivity (Wildman–Crippen MR) is 76.0 cm³/mol. The number of hydrogen-bond acceptors (Lipinski definition) is 4. The van der Waals surface area contributed by atoms with Crippen molar-refractivity contribution in [2.45, 2.75) is 5.75 Å². The van der Waals surface area contributed by atoms with Gasteiger partial charge in [0.05, 0.1) is 0 Å². The van der Waals surface area contributed by atoms with Crippen LogP contribution in [0.5, 0.6) is 0 Å². The van der Waals surface area contributed by atoms with Crippen LogP contribution in [0.2, 0.25) is 5.15 Å². The van der Waals surface area contributed by atoms with Gasteiger partial charge in [0.2, 0.25) is 0 Å². The summed E-state index contributed by atoms with van der Waals surface area (Å²) in [6.45, 7) is 0. The van der Waals surface area contributed by atoms with Gasteiger partial charge in [-0.15, -0.1) is 0 Å². The van der Waals surface area contributed by atoms with E-state index in [4.69, 9.17) is 16.9 Å². The van der Waals surface area contributed by atoms with Crippen LogP contribution in [-0.2, 0) is 5.75 Å². The van der Waals surface area contributed by atoms with Gasteiger partial charge in [-0.05, 0) is 29.5 Å². The first kappa shape index (κ1) is 13.6. The van der Waals surface area contributed by atoms with Crippen molar-refractivity contribution < 1.29 is 4.79 Å². The van der Waals surface area contributed by atoms with Crippen LogP contribution < -0.4 is 0 Å². The number of aromatic nitrogens is 1. The van der Waals surface area contributed by atoms with Gasteiger partial charge in [-0.2, -0.15) is 5.26 Å². The van der Waals surface area contributed by atoms with E-state index in [2.05, 4.69) is 4.98 Å². The number of pyridine rings is 1. The molecule has 0 aliphatic carbocycles. The summed E-state index contributed by atoms with van der Waals surface area (Å²) < 4.78 is 0. The molecule has 0 unspecified atom stereocenters. The van der Waals surface area contributed by atoms with Gasteiger partial charge in [0.15, 0.2) is 5.78 Å². The van der Waals surface area contributed by atoms with Gasteiger partial charge in [0.25, 0.3) is 0 Å². The standard InChI is InChI=1S/C14H9ClN2OS/c15-13-6-5-12(7-17-13)14(18)11-3-1-10(2-4-11)8-19-9-16/h1-7H,8H2. The third kappa shape index (κ3) is 3.57. The Labute approximate surface area is 120 Å². The lowest BCUT2D eigenvalue weighted by molar-refractivity contribution is 0.103. The van der Waals surface area contributed by atoms with Crippen LogP contribution in [0.25, 0.3) is 0 Å². The molecule has 0 saturated heterocycles. The number of carbonyl (C=O) groups is 1. The third-order valence-corrected chi connectivity index (χ3v) is 3.34. The number of benzene rings is 1. The average Bonchev–Trinajstić information content (AvgIpc) is 2.46. The summed E-state index contributed by atoms with van der Waals surface area (Å²) in [5.41, 5.74) is 2.11. The maximum Gasteiger partial charge on any atom is 0.194 e. The number of rotatable bonds is 4. The fourth-order valence-electron chi connectivity index (χ4n) is 1.54. The fraction of sp³-hybridized carbons (Fsp3) is 0.0714. The molecule has 5 heteroatoms. The van der Waals surface area contributed by atoms with Crippen LogP contribution in [0.3, 0.4) is 0 Å². The second-order valence-electron chi connectivity index (χ2n) is 3.78. The molecule has 0 atom stereocenters. The Bertz CT molecular complexity index is 617. The van der Waals surface area contributed by atoms with Crippen LogP contribution in [0, 0.1) is 10.7 Å². The van der Waals surface area contributed by atoms with E-state index in [0.29, 0.717) is 22.0 Å². The van der Waals surface area contributed by atoms with Gasteiger partial charge in [0.1, 0.15) is 10.6 Å². The average molecular weight is 289 g/mol. The summed E-state index contributed by atoms with van der Waals surface area (Å²) in [6.07, 6.45) is 1.46. The second-order valence-corrected chi connectivity index (χ2v) is 4.92. The highest BCUT2D eigenvalue weighted by atomic mass is 35.5. The van der Waals surface area contributed by atoms with Gasteiger partial charge >= 0.3 is 0 Å². The van der Waals surface area contributed by atoms with Crippen molar-refractivity contribution in [3.63, 3.8) is 0 Å². The van der Waals surface area contributed by atoms with Crippen molar-refractivity contribution in [3.05, 3.63) is 64.4 Å². The number of thioether (sulfide) groups is 1. The van der Waals surface area contributed by atoms with Crippen molar-refractivity contribution in [1.82, 2.24) is 4.98 Å². The Morgan fingerprint density at radius 2 is 1.89 bits per heavy atom. The Hall–Kier alpha value is -1.83. The summed E-state index contributed by atoms with van der Waals surface area (Å²) in [6, 6.07) is 10.4. The van der Waals surface area contributed by atoms with E-state index in [-0.39, 0.29) is 5.78 Å². The predicted octanol–water partition coefficient (Wildman–Crippen LogP) is 3.68. The van der Waals surface area contributed by atoms with Gasteiger partial charge in [-0.1, -0.05) is 35.9 Å². The van der Waals surface area contributed by atoms with E-state index in [0.717, 1.165) is 5.56 Å². The maximum atomic E-state index is 12.1. The highest BCUT2D eigenvalue weighted by Crippen LogP contribution is 2.15. The molecule has 94 valence electrons. The van der Waals surface area contributed by atoms with Crippen molar-refractivity contribution in [2.24, 2.45) is 0 Å². The molecule has 19 heavy (non-hydrogen) atoms. The first-order valence-electron chi connectivity index (χ1n) is 5.47. The molecule has 0 radical (unpaired) electrons. The summed E-state index contributed by atoms with van der Waals surface area (Å²) in [4.78, 5) is 16.0. The highest BCUT2D eigenvalue weighted by Gasteiger charge is 2.09. The maximum absolute atomic E-state index is 12.1. The van der Waals surface area contributed by atoms with E-state index in [1.165, 1.54) is 18.0 Å². The monoisotopic (exact) mass is 288 g/mol. The highest BCUT2D eigenvalue weighted by molar-refractivity contribution is 8.02. The lowest BCUT2D eigenvalue weighted by atomic mass is 10.0. The molecule has 0 aliphatic rings. The second kappa shape index (κ2) is 6.37. The quantitative estimate of drug-likeness (QED) is 0.489. The number of thiocyanates is 1. The van der Waals surface area contributed by atoms with Gasteiger partial charge in [0, 0.05) is 23.1 Å². The molecule has 1 heterocycles. The molecule has 0 amide bonds.